The summed E-state index contributed by atoms with van der Waals surface area (Å²) in [4.78, 5) is 14.9. The average Bonchev–Trinajstić information content (AvgIpc) is 3.06. The minimum atomic E-state index is 0. The van der Waals surface area contributed by atoms with Crippen LogP contribution in [-0.2, 0) is 4.79 Å². The van der Waals surface area contributed by atoms with E-state index in [1.807, 2.05) is 0 Å². The van der Waals surface area contributed by atoms with Crippen LogP contribution in [0.1, 0.15) is 61.3 Å². The van der Waals surface area contributed by atoms with Crippen LogP contribution in [0.4, 0.5) is 0 Å². The summed E-state index contributed by atoms with van der Waals surface area (Å²) >= 11 is 0. The molecule has 2 saturated heterocycles. The van der Waals surface area contributed by atoms with Crippen LogP contribution in [-0.4, -0.2) is 30.4 Å². The van der Waals surface area contributed by atoms with Gasteiger partial charge in [-0.1, -0.05) is 18.2 Å². The fraction of sp³-hybridized carbons (Fsp3) is 0.650. The summed E-state index contributed by atoms with van der Waals surface area (Å²) in [6.45, 7) is 7.48. The minimum Gasteiger partial charge on any atom is -0.336 e. The van der Waals surface area contributed by atoms with Crippen LogP contribution in [0.5, 0.6) is 0 Å². The molecular weight excluding hydrogens is 320 g/mol. The van der Waals surface area contributed by atoms with Gasteiger partial charge in [0.25, 0.3) is 0 Å². The lowest BCUT2D eigenvalue weighted by atomic mass is 9.93. The van der Waals surface area contributed by atoms with Crippen molar-refractivity contribution in [3.05, 3.63) is 34.9 Å². The molecule has 3 nitrogen and oxygen atoms in total. The zero-order valence-corrected chi connectivity index (χ0v) is 15.8. The van der Waals surface area contributed by atoms with Gasteiger partial charge in [-0.25, -0.2) is 0 Å². The van der Waals surface area contributed by atoms with E-state index in [9.17, 15) is 4.79 Å². The number of carbonyl (C=O) groups is 1. The zero-order valence-electron chi connectivity index (χ0n) is 15.0. The maximum absolute atomic E-state index is 12.7. The van der Waals surface area contributed by atoms with Crippen molar-refractivity contribution in [2.75, 3.05) is 19.6 Å². The first-order chi connectivity index (χ1) is 11.1. The van der Waals surface area contributed by atoms with Gasteiger partial charge in [0, 0.05) is 13.0 Å². The van der Waals surface area contributed by atoms with Gasteiger partial charge >= 0.3 is 0 Å². The molecular formula is C20H31ClN2O. The number of nitrogens with one attached hydrogen (secondary N) is 1. The number of carbonyl (C=O) groups excluding carboxylic acids is 1. The van der Waals surface area contributed by atoms with E-state index in [2.05, 4.69) is 42.3 Å². The number of rotatable bonds is 4. The molecule has 2 aliphatic rings. The highest BCUT2D eigenvalue weighted by Gasteiger charge is 2.30. The Morgan fingerprint density at radius 1 is 1.17 bits per heavy atom. The fourth-order valence-electron chi connectivity index (χ4n) is 4.03. The summed E-state index contributed by atoms with van der Waals surface area (Å²) in [5, 5.41) is 3.40. The van der Waals surface area contributed by atoms with Crippen molar-refractivity contribution < 1.29 is 4.79 Å². The van der Waals surface area contributed by atoms with Crippen molar-refractivity contribution in [3.8, 4) is 0 Å². The molecule has 4 heteroatoms. The normalized spacial score (nSPS) is 21.6. The molecule has 1 amide bonds. The molecule has 134 valence electrons. The predicted octanol–water partition coefficient (Wildman–Crippen LogP) is 4.17. The quantitative estimate of drug-likeness (QED) is 0.883. The van der Waals surface area contributed by atoms with E-state index in [1.165, 1.54) is 29.5 Å². The van der Waals surface area contributed by atoms with Gasteiger partial charge in [-0.3, -0.25) is 4.79 Å². The third-order valence-electron chi connectivity index (χ3n) is 5.71. The second-order valence-electron chi connectivity index (χ2n) is 7.32. The van der Waals surface area contributed by atoms with Gasteiger partial charge in [0.1, 0.15) is 0 Å². The van der Waals surface area contributed by atoms with Crippen LogP contribution in [0, 0.1) is 19.8 Å². The molecule has 24 heavy (non-hydrogen) atoms. The van der Waals surface area contributed by atoms with Crippen molar-refractivity contribution in [1.29, 1.82) is 0 Å². The van der Waals surface area contributed by atoms with Gasteiger partial charge in [-0.2, -0.15) is 0 Å². The smallest absolute Gasteiger partial charge is 0.223 e. The van der Waals surface area contributed by atoms with Crippen molar-refractivity contribution in [2.24, 2.45) is 5.92 Å². The van der Waals surface area contributed by atoms with E-state index in [0.29, 0.717) is 11.9 Å². The number of aryl methyl sites for hydroxylation is 2. The van der Waals surface area contributed by atoms with Crippen LogP contribution in [0.3, 0.4) is 0 Å². The Labute approximate surface area is 152 Å². The van der Waals surface area contributed by atoms with E-state index in [-0.39, 0.29) is 12.4 Å². The lowest BCUT2D eigenvalue weighted by molar-refractivity contribution is -0.132. The molecule has 0 bridgehead atoms. The molecule has 0 radical (unpaired) electrons. The molecule has 2 aliphatic heterocycles. The second kappa shape index (κ2) is 8.87. The van der Waals surface area contributed by atoms with Crippen LogP contribution in [0.2, 0.25) is 0 Å². The van der Waals surface area contributed by atoms with E-state index in [0.717, 1.165) is 51.2 Å². The number of hydrogen-bond donors (Lipinski definition) is 1. The van der Waals surface area contributed by atoms with Crippen molar-refractivity contribution in [1.82, 2.24) is 10.2 Å². The molecule has 1 unspecified atom stereocenters. The van der Waals surface area contributed by atoms with Crippen molar-refractivity contribution in [3.63, 3.8) is 0 Å². The summed E-state index contributed by atoms with van der Waals surface area (Å²) < 4.78 is 0. The number of halogens is 1. The van der Waals surface area contributed by atoms with Crippen LogP contribution in [0.25, 0.3) is 0 Å². The Bertz CT molecular complexity index is 555. The molecule has 1 N–H and O–H groups in total. The maximum Gasteiger partial charge on any atom is 0.223 e. The first kappa shape index (κ1) is 19.3. The van der Waals surface area contributed by atoms with Gasteiger partial charge < -0.3 is 10.2 Å². The standard InChI is InChI=1S/C20H30N2O.ClH/c1-15-5-7-18(14-16(15)2)19-4-3-13-22(19)20(23)8-6-17-9-11-21-12-10-17;/h5,7,14,17,19,21H,3-4,6,8-13H2,1-2H3;1H. The monoisotopic (exact) mass is 350 g/mol. The Balaban J connectivity index is 0.00000208. The number of hydrogen-bond acceptors (Lipinski definition) is 2. The van der Waals surface area contributed by atoms with Gasteiger partial charge in [-0.15, -0.1) is 12.4 Å². The van der Waals surface area contributed by atoms with Gasteiger partial charge in [0.05, 0.1) is 6.04 Å². The van der Waals surface area contributed by atoms with Gasteiger partial charge in [-0.05, 0) is 81.6 Å². The second-order valence-corrected chi connectivity index (χ2v) is 7.32. The van der Waals surface area contributed by atoms with E-state index >= 15 is 0 Å². The average molecular weight is 351 g/mol. The lowest BCUT2D eigenvalue weighted by Gasteiger charge is -2.27. The number of likely N-dealkylation sites (tertiary alicyclic amines) is 1. The molecule has 1 aromatic rings. The molecule has 0 aliphatic carbocycles. The molecule has 0 aromatic heterocycles. The summed E-state index contributed by atoms with van der Waals surface area (Å²) in [5.41, 5.74) is 3.98. The first-order valence-corrected chi connectivity index (χ1v) is 9.22. The van der Waals surface area contributed by atoms with Crippen LogP contribution < -0.4 is 5.32 Å². The summed E-state index contributed by atoms with van der Waals surface area (Å²) in [6, 6.07) is 6.99. The summed E-state index contributed by atoms with van der Waals surface area (Å²) in [6.07, 6.45) is 6.50. The Morgan fingerprint density at radius 3 is 2.62 bits per heavy atom. The third kappa shape index (κ3) is 4.52. The van der Waals surface area contributed by atoms with E-state index in [1.54, 1.807) is 0 Å². The number of nitrogens with zero attached hydrogens (tertiary/aromatic N) is 1. The van der Waals surface area contributed by atoms with Crippen molar-refractivity contribution >= 4 is 18.3 Å². The van der Waals surface area contributed by atoms with Gasteiger partial charge in [0.2, 0.25) is 5.91 Å². The molecule has 1 atom stereocenters. The molecule has 3 rings (SSSR count). The predicted molar refractivity (Wildman–Crippen MR) is 102 cm³/mol. The van der Waals surface area contributed by atoms with Crippen LogP contribution >= 0.6 is 12.4 Å². The van der Waals surface area contributed by atoms with E-state index < -0.39 is 0 Å². The SMILES string of the molecule is Cc1ccc(C2CCCN2C(=O)CCC2CCNCC2)cc1C.Cl. The van der Waals surface area contributed by atoms with E-state index in [4.69, 9.17) is 0 Å². The fourth-order valence-corrected chi connectivity index (χ4v) is 4.03. The maximum atomic E-state index is 12.7. The molecule has 2 fully saturated rings. The molecule has 1 aromatic carbocycles. The Kier molecular flexibility index (Phi) is 7.12. The number of piperidine rings is 1. The lowest BCUT2D eigenvalue weighted by Crippen LogP contribution is -2.32. The molecule has 0 spiro atoms. The Hall–Kier alpha value is -1.06. The van der Waals surface area contributed by atoms with Crippen molar-refractivity contribution in [2.45, 2.75) is 58.4 Å². The minimum absolute atomic E-state index is 0. The highest BCUT2D eigenvalue weighted by molar-refractivity contribution is 5.85. The largest absolute Gasteiger partial charge is 0.336 e. The highest BCUT2D eigenvalue weighted by Crippen LogP contribution is 2.33. The number of amides is 1. The summed E-state index contributed by atoms with van der Waals surface area (Å²) in [5.74, 6) is 1.10. The molecule has 2 heterocycles. The first-order valence-electron chi connectivity index (χ1n) is 9.22. The topological polar surface area (TPSA) is 32.3 Å². The summed E-state index contributed by atoms with van der Waals surface area (Å²) in [7, 11) is 0. The third-order valence-corrected chi connectivity index (χ3v) is 5.71. The highest BCUT2D eigenvalue weighted by atomic mass is 35.5. The van der Waals surface area contributed by atoms with Crippen LogP contribution in [0.15, 0.2) is 18.2 Å². The Morgan fingerprint density at radius 2 is 1.92 bits per heavy atom. The van der Waals surface area contributed by atoms with Gasteiger partial charge in [0.15, 0.2) is 0 Å². The zero-order chi connectivity index (χ0) is 16.2. The molecule has 0 saturated carbocycles. The number of benzene rings is 1.